The van der Waals surface area contributed by atoms with Crippen LogP contribution in [0, 0.1) is 11.6 Å². The van der Waals surface area contributed by atoms with Gasteiger partial charge >= 0.3 is 0 Å². The maximum Gasteiger partial charge on any atom is 0.156 e. The lowest BCUT2D eigenvalue weighted by Crippen LogP contribution is -1.90. The van der Waals surface area contributed by atoms with Crippen molar-refractivity contribution in [3.05, 3.63) is 77.0 Å². The molecule has 0 aliphatic carbocycles. The van der Waals surface area contributed by atoms with E-state index in [1.807, 2.05) is 0 Å². The van der Waals surface area contributed by atoms with Gasteiger partial charge in [-0.2, -0.15) is 0 Å². The Morgan fingerprint density at radius 1 is 0.862 bits per heavy atom. The minimum Gasteiger partial charge on any atom is -0.497 e. The molecule has 2 heterocycles. The van der Waals surface area contributed by atoms with Crippen LogP contribution in [-0.4, -0.2) is 24.2 Å². The second-order valence-electron chi connectivity index (χ2n) is 5.91. The first-order chi connectivity index (χ1) is 14.0. The number of aromatic nitrogens is 2. The molecule has 4 rings (SSSR count). The third-order valence-electron chi connectivity index (χ3n) is 4.24. The van der Waals surface area contributed by atoms with E-state index >= 15 is 0 Å². The Bertz CT molecular complexity index is 1200. The monoisotopic (exact) mass is 458 g/mol. The first-order valence-corrected chi connectivity index (χ1v) is 9.30. The molecule has 148 valence electrons. The van der Waals surface area contributed by atoms with Crippen molar-refractivity contribution in [2.75, 3.05) is 14.2 Å². The van der Waals surface area contributed by atoms with Gasteiger partial charge in [0.05, 0.1) is 42.1 Å². The second-order valence-corrected chi connectivity index (χ2v) is 6.70. The number of nitrogens with zero attached hydrogens (tertiary/aromatic N) is 2. The van der Waals surface area contributed by atoms with Gasteiger partial charge in [-0.05, 0) is 52.3 Å². The number of fused-ring (bicyclic) bond motifs is 2. The van der Waals surface area contributed by atoms with Crippen LogP contribution in [0.25, 0.3) is 27.9 Å². The highest BCUT2D eigenvalue weighted by Gasteiger charge is 2.07. The number of hydrogen-bond donors (Lipinski definition) is 0. The predicted octanol–water partition coefficient (Wildman–Crippen LogP) is 6.17. The Hall–Kier alpha value is -3.06. The van der Waals surface area contributed by atoms with E-state index in [0.29, 0.717) is 32.3 Å². The van der Waals surface area contributed by atoms with Crippen LogP contribution in [0.1, 0.15) is 5.56 Å². The summed E-state index contributed by atoms with van der Waals surface area (Å²) in [5.74, 6) is 0.625. The van der Waals surface area contributed by atoms with E-state index in [0.717, 1.165) is 11.0 Å². The largest absolute Gasteiger partial charge is 0.497 e. The van der Waals surface area contributed by atoms with Gasteiger partial charge < -0.3 is 9.47 Å². The molecule has 0 aliphatic heterocycles. The summed E-state index contributed by atoms with van der Waals surface area (Å²) in [7, 11) is 3.14. The zero-order valence-electron chi connectivity index (χ0n) is 15.7. The fourth-order valence-electron chi connectivity index (χ4n) is 2.74. The van der Waals surface area contributed by atoms with Crippen molar-refractivity contribution in [3.8, 4) is 11.5 Å². The highest BCUT2D eigenvalue weighted by molar-refractivity contribution is 9.10. The van der Waals surface area contributed by atoms with Gasteiger partial charge in [0.15, 0.2) is 5.82 Å². The van der Waals surface area contributed by atoms with E-state index in [9.17, 15) is 8.78 Å². The maximum absolute atomic E-state index is 13.4. The van der Waals surface area contributed by atoms with E-state index in [1.54, 1.807) is 50.6 Å². The first kappa shape index (κ1) is 20.7. The molecule has 2 aromatic heterocycles. The summed E-state index contributed by atoms with van der Waals surface area (Å²) in [6.07, 6.45) is 3.88. The van der Waals surface area contributed by atoms with E-state index in [4.69, 9.17) is 9.47 Å². The molecular formula is C22H17BrF2N2O2. The molecule has 0 saturated carbocycles. The quantitative estimate of drug-likeness (QED) is 0.368. The highest BCUT2D eigenvalue weighted by atomic mass is 79.9. The summed E-state index contributed by atoms with van der Waals surface area (Å²) in [6.45, 7) is 3.59. The second kappa shape index (κ2) is 8.96. The molecule has 0 N–H and O–H groups in total. The number of benzene rings is 2. The van der Waals surface area contributed by atoms with Gasteiger partial charge in [0.2, 0.25) is 0 Å². The minimum absolute atomic E-state index is 0.370. The van der Waals surface area contributed by atoms with Gasteiger partial charge in [-0.1, -0.05) is 12.7 Å². The topological polar surface area (TPSA) is 44.2 Å². The van der Waals surface area contributed by atoms with Crippen LogP contribution in [-0.2, 0) is 0 Å². The molecule has 7 heteroatoms. The number of pyridine rings is 2. The summed E-state index contributed by atoms with van der Waals surface area (Å²) in [5.41, 5.74) is 1.92. The van der Waals surface area contributed by atoms with Crippen molar-refractivity contribution in [2.24, 2.45) is 0 Å². The van der Waals surface area contributed by atoms with Crippen LogP contribution in [0.15, 0.2) is 59.8 Å². The van der Waals surface area contributed by atoms with Crippen LogP contribution >= 0.6 is 15.9 Å². The Kier molecular flexibility index (Phi) is 6.39. The molecule has 29 heavy (non-hydrogen) atoms. The Labute approximate surface area is 174 Å². The van der Waals surface area contributed by atoms with E-state index < -0.39 is 0 Å². The average molecular weight is 459 g/mol. The molecule has 2 aromatic carbocycles. The number of ether oxygens (including phenoxy) is 2. The van der Waals surface area contributed by atoms with Gasteiger partial charge in [0.25, 0.3) is 0 Å². The molecule has 0 saturated heterocycles. The van der Waals surface area contributed by atoms with Crippen LogP contribution in [0.5, 0.6) is 11.5 Å². The van der Waals surface area contributed by atoms with Gasteiger partial charge in [-0.25, -0.2) is 8.78 Å². The van der Waals surface area contributed by atoms with Crippen LogP contribution in [0.3, 0.4) is 0 Å². The Morgan fingerprint density at radius 3 is 1.93 bits per heavy atom. The zero-order chi connectivity index (χ0) is 21.0. The predicted molar refractivity (Wildman–Crippen MR) is 114 cm³/mol. The van der Waals surface area contributed by atoms with Crippen LogP contribution in [0.2, 0.25) is 0 Å². The summed E-state index contributed by atoms with van der Waals surface area (Å²) in [5, 5.41) is 1.42. The molecule has 0 spiro atoms. The van der Waals surface area contributed by atoms with Crippen molar-refractivity contribution in [3.63, 3.8) is 0 Å². The molecule has 0 bridgehead atoms. The molecule has 4 aromatic rings. The molecule has 4 nitrogen and oxygen atoms in total. The van der Waals surface area contributed by atoms with Crippen molar-refractivity contribution < 1.29 is 18.3 Å². The maximum atomic E-state index is 13.4. The molecular weight excluding hydrogens is 442 g/mol. The fraction of sp³-hybridized carbons (Fsp3) is 0.0909. The number of hydrogen-bond acceptors (Lipinski definition) is 4. The molecule has 0 radical (unpaired) electrons. The number of methoxy groups -OCH3 is 2. The van der Waals surface area contributed by atoms with E-state index in [-0.39, 0.29) is 11.6 Å². The van der Waals surface area contributed by atoms with Gasteiger partial charge in [0.1, 0.15) is 17.3 Å². The normalized spacial score (nSPS) is 10.4. The lowest BCUT2D eigenvalue weighted by molar-refractivity contribution is 0.415. The van der Waals surface area contributed by atoms with Crippen molar-refractivity contribution >= 4 is 43.8 Å². The molecule has 0 fully saturated rings. The molecule has 0 unspecified atom stereocenters. The fourth-order valence-corrected chi connectivity index (χ4v) is 3.16. The van der Waals surface area contributed by atoms with Crippen LogP contribution in [0.4, 0.5) is 8.78 Å². The third-order valence-corrected chi connectivity index (χ3v) is 5.05. The summed E-state index contributed by atoms with van der Waals surface area (Å²) < 4.78 is 37.1. The lowest BCUT2D eigenvalue weighted by Gasteiger charge is -2.05. The van der Waals surface area contributed by atoms with Crippen molar-refractivity contribution in [2.45, 2.75) is 0 Å². The van der Waals surface area contributed by atoms with Crippen LogP contribution < -0.4 is 9.47 Å². The Morgan fingerprint density at radius 2 is 1.38 bits per heavy atom. The van der Waals surface area contributed by atoms with Gasteiger partial charge in [-0.3, -0.25) is 9.97 Å². The standard InChI is InChI=1S/C12H10FNO.C10H7BrFNO/c1-3-9-10-6-8(15-2)4-5-12(10)14-7-11(9)13;1-14-6-2-3-9-7(4-6)10(11)8(12)5-13-9/h3-7H,1H2,2H3;2-5H,1H3. The zero-order valence-corrected chi connectivity index (χ0v) is 17.3. The summed E-state index contributed by atoms with van der Waals surface area (Å²) in [4.78, 5) is 7.94. The van der Waals surface area contributed by atoms with E-state index in [1.165, 1.54) is 18.5 Å². The number of rotatable bonds is 3. The average Bonchev–Trinajstić information content (AvgIpc) is 2.76. The highest BCUT2D eigenvalue weighted by Crippen LogP contribution is 2.28. The van der Waals surface area contributed by atoms with Gasteiger partial charge in [0, 0.05) is 16.3 Å². The van der Waals surface area contributed by atoms with Gasteiger partial charge in [-0.15, -0.1) is 0 Å². The number of halogens is 3. The third kappa shape index (κ3) is 4.35. The molecule has 0 amide bonds. The molecule has 0 aliphatic rings. The van der Waals surface area contributed by atoms with Crippen molar-refractivity contribution in [1.82, 2.24) is 9.97 Å². The summed E-state index contributed by atoms with van der Waals surface area (Å²) >= 11 is 3.17. The Balaban J connectivity index is 0.000000166. The minimum atomic E-state index is -0.370. The van der Waals surface area contributed by atoms with E-state index in [2.05, 4.69) is 32.5 Å². The molecule has 0 atom stereocenters. The van der Waals surface area contributed by atoms with Crippen molar-refractivity contribution in [1.29, 1.82) is 0 Å². The SMILES string of the molecule is C=Cc1c(F)cnc2ccc(OC)cc12.COc1ccc2ncc(F)c(Br)c2c1. The lowest BCUT2D eigenvalue weighted by atomic mass is 10.1. The smallest absolute Gasteiger partial charge is 0.156 e. The first-order valence-electron chi connectivity index (χ1n) is 8.51. The summed E-state index contributed by atoms with van der Waals surface area (Å²) in [6, 6.07) is 10.7.